The number of hydrogen-bond donors (Lipinski definition) is 3. The van der Waals surface area contributed by atoms with Crippen molar-refractivity contribution in [3.63, 3.8) is 0 Å². The van der Waals surface area contributed by atoms with E-state index >= 15 is 0 Å². The van der Waals surface area contributed by atoms with Crippen LogP contribution < -0.4 is 10.6 Å². The van der Waals surface area contributed by atoms with Gasteiger partial charge >= 0.3 is 12.0 Å². The maximum atomic E-state index is 11.6. The SMILES string of the molecule is CCC1(CNC(=O)NC(C)(CC)C(=O)O)CC1. The van der Waals surface area contributed by atoms with Crippen molar-refractivity contribution in [3.05, 3.63) is 0 Å². The smallest absolute Gasteiger partial charge is 0.329 e. The third kappa shape index (κ3) is 3.35. The van der Waals surface area contributed by atoms with Gasteiger partial charge in [-0.3, -0.25) is 0 Å². The molecule has 1 saturated carbocycles. The number of carbonyl (C=O) groups is 2. The molecule has 0 aromatic heterocycles. The first-order chi connectivity index (χ1) is 7.87. The highest BCUT2D eigenvalue weighted by Gasteiger charge is 2.41. The van der Waals surface area contributed by atoms with E-state index in [9.17, 15) is 9.59 Å². The minimum Gasteiger partial charge on any atom is -0.480 e. The van der Waals surface area contributed by atoms with E-state index < -0.39 is 17.5 Å². The summed E-state index contributed by atoms with van der Waals surface area (Å²) in [5, 5.41) is 14.3. The van der Waals surface area contributed by atoms with Crippen LogP contribution in [-0.2, 0) is 4.79 Å². The van der Waals surface area contributed by atoms with Crippen LogP contribution in [0, 0.1) is 5.41 Å². The quantitative estimate of drug-likeness (QED) is 0.663. The van der Waals surface area contributed by atoms with Crippen molar-refractivity contribution in [2.45, 2.75) is 52.0 Å². The number of urea groups is 1. The minimum atomic E-state index is -1.19. The van der Waals surface area contributed by atoms with Gasteiger partial charge in [0.15, 0.2) is 0 Å². The Morgan fingerprint density at radius 3 is 2.29 bits per heavy atom. The van der Waals surface area contributed by atoms with Crippen LogP contribution in [0.2, 0.25) is 0 Å². The molecule has 0 bridgehead atoms. The van der Waals surface area contributed by atoms with Crippen LogP contribution >= 0.6 is 0 Å². The van der Waals surface area contributed by atoms with Crippen LogP contribution in [0.5, 0.6) is 0 Å². The molecule has 0 heterocycles. The summed E-state index contributed by atoms with van der Waals surface area (Å²) in [6.07, 6.45) is 3.70. The van der Waals surface area contributed by atoms with Crippen molar-refractivity contribution < 1.29 is 14.7 Å². The number of aliphatic carboxylic acids is 1. The normalized spacial score (nSPS) is 20.2. The van der Waals surface area contributed by atoms with Gasteiger partial charge in [-0.1, -0.05) is 13.8 Å². The van der Waals surface area contributed by atoms with E-state index in [1.807, 2.05) is 0 Å². The summed E-state index contributed by atoms with van der Waals surface area (Å²) in [5.74, 6) is -1.01. The first-order valence-electron chi connectivity index (χ1n) is 6.17. The first-order valence-corrected chi connectivity index (χ1v) is 6.17. The number of nitrogens with one attached hydrogen (secondary N) is 2. The van der Waals surface area contributed by atoms with Crippen LogP contribution in [-0.4, -0.2) is 29.2 Å². The van der Waals surface area contributed by atoms with Crippen molar-refractivity contribution in [1.82, 2.24) is 10.6 Å². The third-order valence-corrected chi connectivity index (χ3v) is 3.90. The van der Waals surface area contributed by atoms with Crippen LogP contribution in [0.4, 0.5) is 4.79 Å². The van der Waals surface area contributed by atoms with Gasteiger partial charge in [-0.15, -0.1) is 0 Å². The zero-order valence-corrected chi connectivity index (χ0v) is 10.8. The standard InChI is InChI=1S/C12H22N2O3/c1-4-11(3,9(15)16)14-10(17)13-8-12(5-2)6-7-12/h4-8H2,1-3H3,(H,15,16)(H2,13,14,17). The van der Waals surface area contributed by atoms with Crippen molar-refractivity contribution in [2.75, 3.05) is 6.54 Å². The second-order valence-electron chi connectivity index (χ2n) is 5.15. The molecular weight excluding hydrogens is 220 g/mol. The van der Waals surface area contributed by atoms with Gasteiger partial charge in [0.1, 0.15) is 5.54 Å². The van der Waals surface area contributed by atoms with Crippen LogP contribution in [0.1, 0.15) is 46.5 Å². The fourth-order valence-corrected chi connectivity index (χ4v) is 1.69. The van der Waals surface area contributed by atoms with Gasteiger partial charge in [-0.05, 0) is 38.0 Å². The molecule has 1 fully saturated rings. The second kappa shape index (κ2) is 4.94. The van der Waals surface area contributed by atoms with E-state index in [2.05, 4.69) is 17.6 Å². The maximum absolute atomic E-state index is 11.6. The predicted molar refractivity (Wildman–Crippen MR) is 64.8 cm³/mol. The highest BCUT2D eigenvalue weighted by molar-refractivity contribution is 5.85. The Kier molecular flexibility index (Phi) is 4.01. The molecule has 0 radical (unpaired) electrons. The molecule has 0 spiro atoms. The average Bonchev–Trinajstić information content (AvgIpc) is 3.06. The van der Waals surface area contributed by atoms with E-state index in [1.54, 1.807) is 6.92 Å². The van der Waals surface area contributed by atoms with Gasteiger partial charge in [0.25, 0.3) is 0 Å². The fraction of sp³-hybridized carbons (Fsp3) is 0.833. The van der Waals surface area contributed by atoms with Gasteiger partial charge in [0, 0.05) is 6.54 Å². The first kappa shape index (κ1) is 13.8. The zero-order valence-electron chi connectivity index (χ0n) is 10.8. The zero-order chi connectivity index (χ0) is 13.1. The molecule has 0 aliphatic heterocycles. The van der Waals surface area contributed by atoms with Crippen molar-refractivity contribution >= 4 is 12.0 Å². The second-order valence-corrected chi connectivity index (χ2v) is 5.15. The van der Waals surface area contributed by atoms with Crippen molar-refractivity contribution in [1.29, 1.82) is 0 Å². The molecule has 1 aliphatic carbocycles. The Morgan fingerprint density at radius 2 is 1.94 bits per heavy atom. The van der Waals surface area contributed by atoms with E-state index in [0.717, 1.165) is 19.3 Å². The molecule has 17 heavy (non-hydrogen) atoms. The average molecular weight is 242 g/mol. The van der Waals surface area contributed by atoms with E-state index in [-0.39, 0.29) is 5.41 Å². The molecule has 0 aromatic rings. The third-order valence-electron chi connectivity index (χ3n) is 3.90. The minimum absolute atomic E-state index is 0.267. The van der Waals surface area contributed by atoms with Crippen LogP contribution in [0.3, 0.4) is 0 Å². The molecule has 1 aliphatic rings. The number of amides is 2. The molecule has 5 heteroatoms. The Hall–Kier alpha value is -1.26. The molecular formula is C12H22N2O3. The number of carboxylic acids is 1. The van der Waals surface area contributed by atoms with Crippen molar-refractivity contribution in [3.8, 4) is 0 Å². The van der Waals surface area contributed by atoms with Crippen LogP contribution in [0.15, 0.2) is 0 Å². The highest BCUT2D eigenvalue weighted by Crippen LogP contribution is 2.47. The van der Waals surface area contributed by atoms with E-state index in [1.165, 1.54) is 6.92 Å². The number of rotatable bonds is 6. The molecule has 1 unspecified atom stereocenters. The predicted octanol–water partition coefficient (Wildman–Crippen LogP) is 1.73. The van der Waals surface area contributed by atoms with E-state index in [4.69, 9.17) is 5.11 Å². The molecule has 0 saturated heterocycles. The highest BCUT2D eigenvalue weighted by atomic mass is 16.4. The Bertz CT molecular complexity index is 313. The molecule has 1 atom stereocenters. The van der Waals surface area contributed by atoms with Crippen LogP contribution in [0.25, 0.3) is 0 Å². The summed E-state index contributed by atoms with van der Waals surface area (Å²) in [5.41, 5.74) is -0.920. The summed E-state index contributed by atoms with van der Waals surface area (Å²) in [6, 6.07) is -0.392. The number of carbonyl (C=O) groups excluding carboxylic acids is 1. The molecule has 3 N–H and O–H groups in total. The fourth-order valence-electron chi connectivity index (χ4n) is 1.69. The Labute approximate surface area is 102 Å². The molecule has 5 nitrogen and oxygen atoms in total. The van der Waals surface area contributed by atoms with E-state index in [0.29, 0.717) is 13.0 Å². The molecule has 2 amide bonds. The monoisotopic (exact) mass is 242 g/mol. The maximum Gasteiger partial charge on any atom is 0.329 e. The molecule has 1 rings (SSSR count). The van der Waals surface area contributed by atoms with Gasteiger partial charge < -0.3 is 15.7 Å². The van der Waals surface area contributed by atoms with Crippen molar-refractivity contribution in [2.24, 2.45) is 5.41 Å². The van der Waals surface area contributed by atoms with Gasteiger partial charge in [-0.2, -0.15) is 0 Å². The molecule has 98 valence electrons. The largest absolute Gasteiger partial charge is 0.480 e. The Balaban J connectivity index is 2.41. The lowest BCUT2D eigenvalue weighted by molar-refractivity contribution is -0.143. The van der Waals surface area contributed by atoms with Gasteiger partial charge in [0.05, 0.1) is 0 Å². The molecule has 0 aromatic carbocycles. The van der Waals surface area contributed by atoms with Gasteiger partial charge in [-0.25, -0.2) is 9.59 Å². The Morgan fingerprint density at radius 1 is 1.35 bits per heavy atom. The number of hydrogen-bond acceptors (Lipinski definition) is 2. The topological polar surface area (TPSA) is 78.4 Å². The lowest BCUT2D eigenvalue weighted by Crippen LogP contribution is -2.55. The summed E-state index contributed by atoms with van der Waals surface area (Å²) in [7, 11) is 0. The summed E-state index contributed by atoms with van der Waals surface area (Å²) >= 11 is 0. The lowest BCUT2D eigenvalue weighted by atomic mass is 9.99. The number of carboxylic acid groups (broad SMARTS) is 1. The summed E-state index contributed by atoms with van der Waals surface area (Å²) in [6.45, 7) is 6.00. The summed E-state index contributed by atoms with van der Waals surface area (Å²) < 4.78 is 0. The van der Waals surface area contributed by atoms with Gasteiger partial charge in [0.2, 0.25) is 0 Å². The lowest BCUT2D eigenvalue weighted by Gasteiger charge is -2.25. The summed E-state index contributed by atoms with van der Waals surface area (Å²) in [4.78, 5) is 22.6.